The first kappa shape index (κ1) is 18.4. The smallest absolute Gasteiger partial charge is 0.359 e. The highest BCUT2D eigenvalue weighted by atomic mass is 19.4. The third-order valence-electron chi connectivity index (χ3n) is 4.82. The number of hydrogen-bond acceptors (Lipinski definition) is 3. The van der Waals surface area contributed by atoms with E-state index in [9.17, 15) is 17.6 Å². The Morgan fingerprint density at radius 3 is 2.58 bits per heavy atom. The van der Waals surface area contributed by atoms with Gasteiger partial charge in [0.25, 0.3) is 0 Å². The van der Waals surface area contributed by atoms with Gasteiger partial charge in [0, 0.05) is 17.8 Å². The van der Waals surface area contributed by atoms with Crippen LogP contribution in [0.5, 0.6) is 0 Å². The minimum Gasteiger partial charge on any atom is -0.359 e. The quantitative estimate of drug-likeness (QED) is 0.742. The highest BCUT2D eigenvalue weighted by Gasteiger charge is 2.43. The molecule has 0 aliphatic carbocycles. The van der Waals surface area contributed by atoms with Crippen molar-refractivity contribution in [3.8, 4) is 0 Å². The maximum atomic E-state index is 14.3. The number of fused-ring (bicyclic) bond motifs is 1. The van der Waals surface area contributed by atoms with Gasteiger partial charge >= 0.3 is 6.18 Å². The highest BCUT2D eigenvalue weighted by Crippen LogP contribution is 2.39. The molecule has 0 saturated heterocycles. The molecule has 1 aromatic heterocycles. The Hall–Kier alpha value is -2.38. The molecule has 2 aromatic rings. The summed E-state index contributed by atoms with van der Waals surface area (Å²) in [5.74, 6) is -1.21. The maximum Gasteiger partial charge on any atom is 0.451 e. The van der Waals surface area contributed by atoms with Crippen molar-refractivity contribution in [3.63, 3.8) is 0 Å². The van der Waals surface area contributed by atoms with Gasteiger partial charge in [0.15, 0.2) is 5.82 Å². The van der Waals surface area contributed by atoms with Gasteiger partial charge in [-0.2, -0.15) is 13.2 Å². The molecule has 0 saturated carbocycles. The van der Waals surface area contributed by atoms with E-state index >= 15 is 0 Å². The third-order valence-corrected chi connectivity index (χ3v) is 4.82. The summed E-state index contributed by atoms with van der Waals surface area (Å²) in [5.41, 5.74) is 1.75. The number of aryl methyl sites for hydroxylation is 1. The lowest BCUT2D eigenvalue weighted by atomic mass is 10.0. The van der Waals surface area contributed by atoms with E-state index in [1.807, 2.05) is 6.92 Å². The number of hydrogen-bond donors (Lipinski definition) is 0. The van der Waals surface area contributed by atoms with Crippen LogP contribution in [0.1, 0.15) is 55.6 Å². The van der Waals surface area contributed by atoms with Crippen molar-refractivity contribution in [1.29, 1.82) is 0 Å². The average molecular weight is 368 g/mol. The Morgan fingerprint density at radius 1 is 1.27 bits per heavy atom. The highest BCUT2D eigenvalue weighted by molar-refractivity contribution is 5.63. The normalized spacial score (nSPS) is 20.2. The zero-order valence-electron chi connectivity index (χ0n) is 14.8. The Morgan fingerprint density at radius 2 is 1.96 bits per heavy atom. The fraction of sp³-hybridized carbons (Fsp3) is 0.444. The van der Waals surface area contributed by atoms with Gasteiger partial charge in [-0.15, -0.1) is 10.2 Å². The van der Waals surface area contributed by atoms with Crippen LogP contribution in [-0.2, 0) is 12.6 Å². The molecule has 0 fully saturated rings. The summed E-state index contributed by atoms with van der Waals surface area (Å²) in [6.45, 7) is 9.60. The molecule has 8 heteroatoms. The van der Waals surface area contributed by atoms with Gasteiger partial charge in [-0.25, -0.2) is 4.39 Å². The van der Waals surface area contributed by atoms with E-state index in [-0.39, 0.29) is 12.4 Å². The molecule has 140 valence electrons. The minimum absolute atomic E-state index is 0.198. The molecule has 2 unspecified atom stereocenters. The number of nitrogens with zero attached hydrogens (tertiary/aromatic N) is 4. The molecule has 1 aromatic carbocycles. The summed E-state index contributed by atoms with van der Waals surface area (Å²) in [6.07, 6.45) is -3.82. The van der Waals surface area contributed by atoms with Crippen molar-refractivity contribution in [3.05, 3.63) is 53.4 Å². The van der Waals surface area contributed by atoms with E-state index in [0.717, 1.165) is 16.6 Å². The monoisotopic (exact) mass is 368 g/mol. The van der Waals surface area contributed by atoms with Crippen molar-refractivity contribution in [2.75, 3.05) is 6.54 Å². The second kappa shape index (κ2) is 6.41. The van der Waals surface area contributed by atoms with E-state index in [2.05, 4.69) is 16.8 Å². The summed E-state index contributed by atoms with van der Waals surface area (Å²) in [6, 6.07) is 3.80. The first-order valence-corrected chi connectivity index (χ1v) is 8.41. The summed E-state index contributed by atoms with van der Waals surface area (Å²) in [5, 5.41) is 7.09. The van der Waals surface area contributed by atoms with E-state index in [1.165, 1.54) is 6.07 Å². The minimum atomic E-state index is -4.57. The molecule has 26 heavy (non-hydrogen) atoms. The molecule has 1 aliphatic heterocycles. The topological polar surface area (TPSA) is 34.0 Å². The number of halogens is 4. The summed E-state index contributed by atoms with van der Waals surface area (Å²) in [4.78, 5) is 1.78. The molecule has 0 amide bonds. The second-order valence-electron chi connectivity index (χ2n) is 6.54. The molecular formula is C18H20F4N4. The number of alkyl halides is 3. The van der Waals surface area contributed by atoms with E-state index in [1.54, 1.807) is 30.9 Å². The van der Waals surface area contributed by atoms with Crippen molar-refractivity contribution < 1.29 is 17.6 Å². The lowest BCUT2D eigenvalue weighted by Gasteiger charge is -2.40. The van der Waals surface area contributed by atoms with Gasteiger partial charge in [-0.05, 0) is 38.0 Å². The molecule has 0 spiro atoms. The van der Waals surface area contributed by atoms with Crippen LogP contribution in [0.15, 0.2) is 24.8 Å². The summed E-state index contributed by atoms with van der Waals surface area (Å²) < 4.78 is 54.9. The van der Waals surface area contributed by atoms with Gasteiger partial charge in [0.2, 0.25) is 5.82 Å². The fourth-order valence-electron chi connectivity index (χ4n) is 3.39. The Labute approximate surface area is 149 Å². The van der Waals surface area contributed by atoms with Gasteiger partial charge in [0.05, 0.1) is 12.1 Å². The molecule has 2 atom stereocenters. The first-order chi connectivity index (χ1) is 12.1. The lowest BCUT2D eigenvalue weighted by molar-refractivity contribution is -0.148. The predicted molar refractivity (Wildman–Crippen MR) is 89.7 cm³/mol. The molecule has 0 bridgehead atoms. The van der Waals surface area contributed by atoms with Crippen LogP contribution in [0.3, 0.4) is 0 Å². The van der Waals surface area contributed by atoms with Crippen LogP contribution in [0.25, 0.3) is 5.70 Å². The Bertz CT molecular complexity index is 840. The molecule has 0 radical (unpaired) electrons. The van der Waals surface area contributed by atoms with Gasteiger partial charge in [-0.3, -0.25) is 0 Å². The molecule has 3 rings (SSSR count). The van der Waals surface area contributed by atoms with E-state index in [4.69, 9.17) is 0 Å². The molecule has 2 heterocycles. The largest absolute Gasteiger partial charge is 0.451 e. The zero-order chi connectivity index (χ0) is 19.2. The first-order valence-electron chi connectivity index (χ1n) is 8.41. The van der Waals surface area contributed by atoms with Crippen LogP contribution < -0.4 is 0 Å². The van der Waals surface area contributed by atoms with Crippen molar-refractivity contribution in [1.82, 2.24) is 19.7 Å². The molecule has 0 N–H and O–H groups in total. The summed E-state index contributed by atoms with van der Waals surface area (Å²) >= 11 is 0. The van der Waals surface area contributed by atoms with E-state index < -0.39 is 29.9 Å². The molecule has 1 aliphatic rings. The second-order valence-corrected chi connectivity index (χ2v) is 6.54. The van der Waals surface area contributed by atoms with Gasteiger partial charge < -0.3 is 9.47 Å². The van der Waals surface area contributed by atoms with Crippen molar-refractivity contribution in [2.24, 2.45) is 0 Å². The van der Waals surface area contributed by atoms with Crippen molar-refractivity contribution >= 4 is 5.70 Å². The standard InChI is InChI=1S/C18H20F4N4/c1-5-13-6-7-15(19)14(8-13)11(3)25-9-10(2)26-16(12(25)4)23-24-17(26)18(20,21)22/h6-8,10,12H,3,5,9H2,1-2,4H3. The van der Waals surface area contributed by atoms with Crippen molar-refractivity contribution in [2.45, 2.75) is 45.5 Å². The average Bonchev–Trinajstić information content (AvgIpc) is 3.04. The lowest BCUT2D eigenvalue weighted by Crippen LogP contribution is -2.39. The number of benzene rings is 1. The predicted octanol–water partition coefficient (Wildman–Crippen LogP) is 4.61. The zero-order valence-corrected chi connectivity index (χ0v) is 14.8. The van der Waals surface area contributed by atoms with E-state index in [0.29, 0.717) is 11.3 Å². The third kappa shape index (κ3) is 2.97. The fourth-order valence-corrected chi connectivity index (χ4v) is 3.39. The van der Waals surface area contributed by atoms with Crippen LogP contribution in [0.4, 0.5) is 17.6 Å². The van der Waals surface area contributed by atoms with Gasteiger partial charge in [-0.1, -0.05) is 19.6 Å². The Kier molecular flexibility index (Phi) is 4.54. The Balaban J connectivity index is 1.99. The summed E-state index contributed by atoms with van der Waals surface area (Å²) in [7, 11) is 0. The van der Waals surface area contributed by atoms with Crippen LogP contribution in [0, 0.1) is 5.82 Å². The molecule has 4 nitrogen and oxygen atoms in total. The van der Waals surface area contributed by atoms with Gasteiger partial charge in [0.1, 0.15) is 5.82 Å². The molecular weight excluding hydrogens is 348 g/mol. The van der Waals surface area contributed by atoms with Crippen LogP contribution in [-0.4, -0.2) is 26.2 Å². The van der Waals surface area contributed by atoms with Crippen LogP contribution in [0.2, 0.25) is 0 Å². The maximum absolute atomic E-state index is 14.3. The number of rotatable bonds is 3. The number of aromatic nitrogens is 3. The SMILES string of the molecule is C=C(c1cc(CC)ccc1F)N1CC(C)n2c(nnc2C(F)(F)F)C1C. The van der Waals surface area contributed by atoms with Crippen LogP contribution >= 0.6 is 0 Å².